The minimum atomic E-state index is -0.820. The van der Waals surface area contributed by atoms with Crippen LogP contribution in [0, 0.1) is 11.6 Å². The van der Waals surface area contributed by atoms with Gasteiger partial charge in [0.05, 0.1) is 11.7 Å². The Balaban J connectivity index is 2.20. The van der Waals surface area contributed by atoms with Gasteiger partial charge in [-0.05, 0) is 19.4 Å². The fraction of sp³-hybridized carbons (Fsp3) is 0.571. The number of rotatable bonds is 3. The summed E-state index contributed by atoms with van der Waals surface area (Å²) in [6, 6.07) is 4.23. The SMILES string of the molecule is CCCC1(C)CNCC(c2cccc(F)c2F)O1. The van der Waals surface area contributed by atoms with Crippen molar-refractivity contribution in [1.29, 1.82) is 0 Å². The molecule has 4 heteroatoms. The largest absolute Gasteiger partial charge is 0.365 e. The predicted molar refractivity (Wildman–Crippen MR) is 66.4 cm³/mol. The van der Waals surface area contributed by atoms with Crippen LogP contribution in [-0.4, -0.2) is 18.7 Å². The molecule has 2 unspecified atom stereocenters. The van der Waals surface area contributed by atoms with Crippen molar-refractivity contribution in [3.05, 3.63) is 35.4 Å². The van der Waals surface area contributed by atoms with E-state index in [0.29, 0.717) is 12.1 Å². The molecule has 1 N–H and O–H groups in total. The molecule has 0 aromatic heterocycles. The van der Waals surface area contributed by atoms with E-state index in [1.807, 2.05) is 6.92 Å². The van der Waals surface area contributed by atoms with Crippen LogP contribution >= 0.6 is 0 Å². The van der Waals surface area contributed by atoms with Crippen molar-refractivity contribution in [3.63, 3.8) is 0 Å². The molecule has 100 valence electrons. The first-order chi connectivity index (χ1) is 8.56. The monoisotopic (exact) mass is 255 g/mol. The molecule has 0 amide bonds. The van der Waals surface area contributed by atoms with Crippen LogP contribution in [0.5, 0.6) is 0 Å². The predicted octanol–water partition coefficient (Wildman–Crippen LogP) is 3.18. The highest BCUT2D eigenvalue weighted by molar-refractivity contribution is 5.22. The molecule has 1 heterocycles. The normalized spacial score (nSPS) is 28.3. The van der Waals surface area contributed by atoms with Crippen LogP contribution in [0.15, 0.2) is 18.2 Å². The van der Waals surface area contributed by atoms with Crippen LogP contribution in [-0.2, 0) is 4.74 Å². The third-order valence-electron chi connectivity index (χ3n) is 3.36. The molecule has 0 radical (unpaired) electrons. The van der Waals surface area contributed by atoms with Gasteiger partial charge in [0, 0.05) is 18.7 Å². The van der Waals surface area contributed by atoms with Gasteiger partial charge in [-0.3, -0.25) is 0 Å². The molecule has 2 nitrogen and oxygen atoms in total. The average molecular weight is 255 g/mol. The molecule has 0 aliphatic carbocycles. The minimum Gasteiger partial charge on any atom is -0.365 e. The molecule has 1 aromatic rings. The first-order valence-electron chi connectivity index (χ1n) is 6.38. The molecule has 0 saturated carbocycles. The molecular formula is C14H19F2NO. The van der Waals surface area contributed by atoms with Gasteiger partial charge in [-0.1, -0.05) is 25.5 Å². The van der Waals surface area contributed by atoms with E-state index in [4.69, 9.17) is 4.74 Å². The summed E-state index contributed by atoms with van der Waals surface area (Å²) in [5.41, 5.74) is -0.0132. The summed E-state index contributed by atoms with van der Waals surface area (Å²) >= 11 is 0. The molecule has 1 aliphatic rings. The lowest BCUT2D eigenvalue weighted by Crippen LogP contribution is -2.49. The molecule has 0 bridgehead atoms. The summed E-state index contributed by atoms with van der Waals surface area (Å²) in [6.07, 6.45) is 1.47. The lowest BCUT2D eigenvalue weighted by Gasteiger charge is -2.39. The number of hydrogen-bond acceptors (Lipinski definition) is 2. The van der Waals surface area contributed by atoms with Gasteiger partial charge >= 0.3 is 0 Å². The Morgan fingerprint density at radius 2 is 2.22 bits per heavy atom. The quantitative estimate of drug-likeness (QED) is 0.895. The van der Waals surface area contributed by atoms with E-state index in [0.717, 1.165) is 25.5 Å². The third-order valence-corrected chi connectivity index (χ3v) is 3.36. The van der Waals surface area contributed by atoms with Crippen molar-refractivity contribution in [2.45, 2.75) is 38.4 Å². The van der Waals surface area contributed by atoms with Crippen molar-refractivity contribution in [2.75, 3.05) is 13.1 Å². The Labute approximate surface area is 106 Å². The summed E-state index contributed by atoms with van der Waals surface area (Å²) in [7, 11) is 0. The highest BCUT2D eigenvalue weighted by atomic mass is 19.2. The number of morpholine rings is 1. The van der Waals surface area contributed by atoms with Gasteiger partial charge in [-0.15, -0.1) is 0 Å². The molecule has 18 heavy (non-hydrogen) atoms. The summed E-state index contributed by atoms with van der Waals surface area (Å²) in [5.74, 6) is -1.62. The zero-order chi connectivity index (χ0) is 13.2. The first kappa shape index (κ1) is 13.4. The summed E-state index contributed by atoms with van der Waals surface area (Å²) in [6.45, 7) is 5.35. The Hall–Kier alpha value is -1.00. The molecular weight excluding hydrogens is 236 g/mol. The third kappa shape index (κ3) is 2.70. The second-order valence-electron chi connectivity index (χ2n) is 5.08. The lowest BCUT2D eigenvalue weighted by molar-refractivity contribution is -0.113. The van der Waals surface area contributed by atoms with Crippen molar-refractivity contribution in [3.8, 4) is 0 Å². The van der Waals surface area contributed by atoms with Crippen LogP contribution < -0.4 is 5.32 Å². The first-order valence-corrected chi connectivity index (χ1v) is 6.38. The van der Waals surface area contributed by atoms with Crippen LogP contribution in [0.4, 0.5) is 8.78 Å². The van der Waals surface area contributed by atoms with Gasteiger partial charge in [-0.2, -0.15) is 0 Å². The van der Waals surface area contributed by atoms with Crippen molar-refractivity contribution in [1.82, 2.24) is 5.32 Å². The van der Waals surface area contributed by atoms with E-state index < -0.39 is 17.7 Å². The number of benzene rings is 1. The van der Waals surface area contributed by atoms with E-state index in [-0.39, 0.29) is 5.60 Å². The van der Waals surface area contributed by atoms with Gasteiger partial charge < -0.3 is 10.1 Å². The molecule has 1 fully saturated rings. The Morgan fingerprint density at radius 3 is 2.94 bits per heavy atom. The topological polar surface area (TPSA) is 21.3 Å². The second kappa shape index (κ2) is 5.33. The number of hydrogen-bond donors (Lipinski definition) is 1. The molecule has 2 atom stereocenters. The average Bonchev–Trinajstić information content (AvgIpc) is 2.32. The number of nitrogens with one attached hydrogen (secondary N) is 1. The van der Waals surface area contributed by atoms with Gasteiger partial charge in [0.15, 0.2) is 11.6 Å². The van der Waals surface area contributed by atoms with E-state index >= 15 is 0 Å². The molecule has 1 aromatic carbocycles. The van der Waals surface area contributed by atoms with Crippen LogP contribution in [0.1, 0.15) is 38.4 Å². The fourth-order valence-electron chi connectivity index (χ4n) is 2.51. The molecule has 1 aliphatic heterocycles. The van der Waals surface area contributed by atoms with E-state index in [1.54, 1.807) is 6.07 Å². The standard InChI is InChI=1S/C14H19F2NO/c1-3-7-14(2)9-17-8-12(18-14)10-5-4-6-11(15)13(10)16/h4-6,12,17H,3,7-9H2,1-2H3. The number of ether oxygens (including phenoxy) is 1. The van der Waals surface area contributed by atoms with Gasteiger partial charge in [0.25, 0.3) is 0 Å². The maximum atomic E-state index is 13.7. The summed E-state index contributed by atoms with van der Waals surface area (Å²) < 4.78 is 32.9. The van der Waals surface area contributed by atoms with Crippen molar-refractivity contribution < 1.29 is 13.5 Å². The van der Waals surface area contributed by atoms with E-state index in [2.05, 4.69) is 12.2 Å². The van der Waals surface area contributed by atoms with E-state index in [1.165, 1.54) is 6.07 Å². The van der Waals surface area contributed by atoms with Crippen molar-refractivity contribution in [2.24, 2.45) is 0 Å². The minimum absolute atomic E-state index is 0.296. The van der Waals surface area contributed by atoms with Gasteiger partial charge in [0.1, 0.15) is 0 Å². The Bertz CT molecular complexity index is 420. The molecule has 2 rings (SSSR count). The van der Waals surface area contributed by atoms with Gasteiger partial charge in [-0.25, -0.2) is 8.78 Å². The summed E-state index contributed by atoms with van der Waals surface area (Å²) in [4.78, 5) is 0. The Morgan fingerprint density at radius 1 is 1.44 bits per heavy atom. The smallest absolute Gasteiger partial charge is 0.164 e. The maximum Gasteiger partial charge on any atom is 0.164 e. The molecule has 1 saturated heterocycles. The highest BCUT2D eigenvalue weighted by Gasteiger charge is 2.34. The van der Waals surface area contributed by atoms with E-state index in [9.17, 15) is 8.78 Å². The zero-order valence-electron chi connectivity index (χ0n) is 10.8. The Kier molecular flexibility index (Phi) is 3.97. The maximum absolute atomic E-state index is 13.7. The zero-order valence-corrected chi connectivity index (χ0v) is 10.8. The van der Waals surface area contributed by atoms with Crippen LogP contribution in [0.3, 0.4) is 0 Å². The molecule has 0 spiro atoms. The lowest BCUT2D eigenvalue weighted by atomic mass is 9.96. The fourth-order valence-corrected chi connectivity index (χ4v) is 2.51. The summed E-state index contributed by atoms with van der Waals surface area (Å²) in [5, 5.41) is 3.24. The van der Waals surface area contributed by atoms with Gasteiger partial charge in [0.2, 0.25) is 0 Å². The van der Waals surface area contributed by atoms with Crippen molar-refractivity contribution >= 4 is 0 Å². The number of halogens is 2. The van der Waals surface area contributed by atoms with Crippen LogP contribution in [0.25, 0.3) is 0 Å². The van der Waals surface area contributed by atoms with Crippen LogP contribution in [0.2, 0.25) is 0 Å². The highest BCUT2D eigenvalue weighted by Crippen LogP contribution is 2.31. The second-order valence-corrected chi connectivity index (χ2v) is 5.08.